The molecule has 3 saturated heterocycles. The first kappa shape index (κ1) is 57.1. The molecule has 1 aromatic heterocycles. The molecule has 7 amide bonds. The molecule has 8 N–H and O–H groups in total. The average Bonchev–Trinajstić information content (AvgIpc) is 4.05. The van der Waals surface area contributed by atoms with E-state index in [0.717, 1.165) is 33.8 Å². The van der Waals surface area contributed by atoms with Crippen LogP contribution in [0.2, 0.25) is 0 Å². The summed E-state index contributed by atoms with van der Waals surface area (Å²) in [7, 11) is 0. The van der Waals surface area contributed by atoms with Gasteiger partial charge in [0, 0.05) is 57.9 Å². The van der Waals surface area contributed by atoms with Crippen LogP contribution in [0.15, 0.2) is 41.9 Å². The van der Waals surface area contributed by atoms with Crippen LogP contribution in [0.3, 0.4) is 0 Å². The van der Waals surface area contributed by atoms with E-state index in [2.05, 4.69) is 20.9 Å². The molecule has 3 aliphatic rings. The van der Waals surface area contributed by atoms with Gasteiger partial charge in [-0.25, -0.2) is 13.8 Å². The highest BCUT2D eigenvalue weighted by Gasteiger charge is 2.46. The lowest BCUT2D eigenvalue weighted by Gasteiger charge is -2.37. The zero-order chi connectivity index (χ0) is 51.9. The Kier molecular flexibility index (Phi) is 19.7. The third-order valence-corrected chi connectivity index (χ3v) is 14.5. The number of likely N-dealkylation sites (tertiary alicyclic amines) is 1. The molecule has 0 radical (unpaired) electrons. The van der Waals surface area contributed by atoms with E-state index in [1.165, 1.54) is 33.0 Å². The lowest BCUT2D eigenvalue weighted by molar-refractivity contribution is -0.144. The van der Waals surface area contributed by atoms with Crippen molar-refractivity contribution in [3.8, 4) is 16.2 Å². The summed E-state index contributed by atoms with van der Waals surface area (Å²) in [5.74, 6) is -5.63. The zero-order valence-corrected chi connectivity index (χ0v) is 43.2. The number of aromatic nitrogens is 1. The fourth-order valence-corrected chi connectivity index (χ4v) is 10.4. The van der Waals surface area contributed by atoms with Crippen LogP contribution < -0.4 is 32.2 Å². The first-order chi connectivity index (χ1) is 33.5. The van der Waals surface area contributed by atoms with Gasteiger partial charge in [-0.1, -0.05) is 45.0 Å². The number of benzene rings is 2. The van der Waals surface area contributed by atoms with Gasteiger partial charge in [0.25, 0.3) is 0 Å². The Morgan fingerprint density at radius 1 is 0.972 bits per heavy atom. The highest BCUT2D eigenvalue weighted by atomic mass is 35.5. The van der Waals surface area contributed by atoms with Gasteiger partial charge >= 0.3 is 0 Å². The first-order valence-corrected chi connectivity index (χ1v) is 25.0. The third kappa shape index (κ3) is 14.3. The van der Waals surface area contributed by atoms with Crippen LogP contribution in [0.1, 0.15) is 109 Å². The normalized spacial score (nSPS) is 21.3. The number of thiazole rings is 1. The van der Waals surface area contributed by atoms with Crippen LogP contribution >= 0.6 is 23.7 Å². The number of aliphatic hydroxyl groups is 1. The molecule has 3 aromatic rings. The molecular formula is C50H68ClF2N9O9S. The van der Waals surface area contributed by atoms with E-state index < -0.39 is 107 Å². The predicted molar refractivity (Wildman–Crippen MR) is 267 cm³/mol. The first-order valence-electron chi connectivity index (χ1n) is 24.1. The van der Waals surface area contributed by atoms with Gasteiger partial charge in [0.05, 0.1) is 34.3 Å². The average molecular weight is 1040 g/mol. The number of carbonyl (C=O) groups is 7. The van der Waals surface area contributed by atoms with Gasteiger partial charge in [0.1, 0.15) is 36.6 Å². The number of nitrogens with two attached hydrogens (primary N) is 2. The minimum absolute atomic E-state index is 0. The maximum Gasteiger partial charge on any atom is 0.246 e. The van der Waals surface area contributed by atoms with Crippen molar-refractivity contribution >= 4 is 65.1 Å². The van der Waals surface area contributed by atoms with Crippen LogP contribution in [0.5, 0.6) is 5.75 Å². The van der Waals surface area contributed by atoms with Crippen molar-refractivity contribution in [2.75, 3.05) is 26.2 Å². The highest BCUT2D eigenvalue weighted by Crippen LogP contribution is 2.32. The Balaban J connectivity index is 0.00000963. The van der Waals surface area contributed by atoms with Crippen molar-refractivity contribution in [2.24, 2.45) is 16.9 Å². The molecule has 3 aliphatic heterocycles. The largest absolute Gasteiger partial charge is 0.488 e. The monoisotopic (exact) mass is 1040 g/mol. The number of nitrogens with zero attached hydrogens (tertiary/aromatic N) is 4. The van der Waals surface area contributed by atoms with E-state index in [4.69, 9.17) is 16.2 Å². The number of amides is 7. The lowest BCUT2D eigenvalue weighted by Crippen LogP contribution is -2.59. The fourth-order valence-electron chi connectivity index (χ4n) is 9.54. The smallest absolute Gasteiger partial charge is 0.246 e. The Bertz CT molecular complexity index is 2460. The molecule has 2 aromatic carbocycles. The molecule has 394 valence electrons. The van der Waals surface area contributed by atoms with E-state index >= 15 is 8.78 Å². The zero-order valence-electron chi connectivity index (χ0n) is 41.6. The third-order valence-electron chi connectivity index (χ3n) is 13.5. The van der Waals surface area contributed by atoms with Crippen molar-refractivity contribution in [3.63, 3.8) is 0 Å². The van der Waals surface area contributed by atoms with Gasteiger partial charge in [-0.2, -0.15) is 0 Å². The van der Waals surface area contributed by atoms with Crippen molar-refractivity contribution in [3.05, 3.63) is 70.4 Å². The Labute approximate surface area is 428 Å². The summed E-state index contributed by atoms with van der Waals surface area (Å²) in [6, 6.07) is 3.87. The number of fused-ring (bicyclic) bond motifs is 1. The van der Waals surface area contributed by atoms with Crippen molar-refractivity contribution in [1.29, 1.82) is 0 Å². The number of hydrogen-bond acceptors (Lipinski definition) is 12. The minimum atomic E-state index is -1.11. The Hall–Kier alpha value is -5.77. The van der Waals surface area contributed by atoms with Crippen molar-refractivity contribution in [2.45, 2.75) is 148 Å². The van der Waals surface area contributed by atoms with E-state index in [1.807, 2.05) is 38.1 Å². The molecule has 0 aliphatic carbocycles. The number of carbonyl (C=O) groups excluding carboxylic acids is 7. The summed E-state index contributed by atoms with van der Waals surface area (Å²) >= 11 is 1.54. The summed E-state index contributed by atoms with van der Waals surface area (Å²) in [4.78, 5) is 102. The fraction of sp³-hybridized carbons (Fsp3) is 0.560. The maximum absolute atomic E-state index is 16.0. The van der Waals surface area contributed by atoms with Gasteiger partial charge in [0.15, 0.2) is 11.6 Å². The summed E-state index contributed by atoms with van der Waals surface area (Å²) in [5, 5.41) is 19.3. The number of aryl methyl sites for hydroxylation is 2. The van der Waals surface area contributed by atoms with Crippen molar-refractivity contribution in [1.82, 2.24) is 35.6 Å². The topological polar surface area (TPSA) is 260 Å². The van der Waals surface area contributed by atoms with Gasteiger partial charge in [-0.15, -0.1) is 23.7 Å². The van der Waals surface area contributed by atoms with Crippen LogP contribution in [0.25, 0.3) is 10.4 Å². The molecule has 0 spiro atoms. The summed E-state index contributed by atoms with van der Waals surface area (Å²) in [6.45, 7) is 10.3. The summed E-state index contributed by atoms with van der Waals surface area (Å²) < 4.78 is 36.7. The second kappa shape index (κ2) is 24.8. The molecule has 22 heteroatoms. The number of nitrogens with one attached hydrogen (secondary N) is 3. The van der Waals surface area contributed by atoms with Gasteiger partial charge in [-0.3, -0.25) is 33.6 Å². The molecule has 18 nitrogen and oxygen atoms in total. The summed E-state index contributed by atoms with van der Waals surface area (Å²) in [5.41, 5.74) is 15.2. The van der Waals surface area contributed by atoms with Crippen molar-refractivity contribution < 1.29 is 52.2 Å². The molecule has 0 saturated carbocycles. The second-order valence-corrected chi connectivity index (χ2v) is 20.8. The SMILES string of the molecule is CC(=O)N1CC[C@H]2CC[C@@H](C(=O)N[C@@H](CCC(N)=O)COc3cc(F)cc(CCCC(=O)N[C@H](C(=O)N4C[C@H](O)C[C@H]4C(=O)N[C@@H](C)c4ccc(-c5scnc5C)cc4)C(C)(C)C)c3F)N2C(=O)[C@@H](N)C1.Cl. The van der Waals surface area contributed by atoms with E-state index in [0.29, 0.717) is 25.8 Å². The van der Waals surface area contributed by atoms with E-state index in [1.54, 1.807) is 26.3 Å². The van der Waals surface area contributed by atoms with E-state index in [-0.39, 0.29) is 81.5 Å². The maximum atomic E-state index is 16.0. The van der Waals surface area contributed by atoms with Gasteiger partial charge in [-0.05, 0) is 80.5 Å². The van der Waals surface area contributed by atoms with Crippen LogP contribution in [0.4, 0.5) is 8.78 Å². The van der Waals surface area contributed by atoms with E-state index in [9.17, 15) is 38.7 Å². The quantitative estimate of drug-likeness (QED) is 0.107. The number of halogens is 3. The molecule has 0 bridgehead atoms. The summed E-state index contributed by atoms with van der Waals surface area (Å²) in [6.07, 6.45) is -0.115. The highest BCUT2D eigenvalue weighted by molar-refractivity contribution is 7.13. The van der Waals surface area contributed by atoms with Gasteiger partial charge in [0.2, 0.25) is 41.4 Å². The molecule has 3 fully saturated rings. The van der Waals surface area contributed by atoms with Crippen LogP contribution in [0, 0.1) is 24.0 Å². The molecule has 4 heterocycles. The Morgan fingerprint density at radius 3 is 2.31 bits per heavy atom. The molecule has 0 unspecified atom stereocenters. The number of primary amides is 1. The number of β-amino-alcohol motifs (C(OH)–C–C–N with tert-alkyl or cyclic N) is 1. The number of ether oxygens (including phenoxy) is 1. The number of rotatable bonds is 18. The number of aliphatic hydroxyl groups excluding tert-OH is 1. The standard InChI is InChI=1S/C50H67F2N9O9S.ClH/c1-27(30-10-12-31(13-11-30)44-28(2)55-26-71-44)56-47(67)39-22-36(63)23-60(39)49(69)45(50(4,5)6)58-42(65)9-7-8-32-20-33(51)21-40(43(32)52)70-25-34(14-17-41(54)64)57-46(66)38-16-15-35-18-19-59(29(3)62)24-37(53)48(68)61(35)38;/h10-13,20-21,26-27,34-39,45,63H,7-9,14-19,22-25,53H2,1-6H3,(H2,54,64)(H,56,67)(H,57,66)(H,58,65);1H/t27-,34-,35+,36+,37-,38-,39-,45+;/m0./s1. The lowest BCUT2D eigenvalue weighted by atomic mass is 9.85. The number of hydrogen-bond donors (Lipinski definition) is 6. The molecular weight excluding hydrogens is 976 g/mol. The van der Waals surface area contributed by atoms with Crippen LogP contribution in [-0.2, 0) is 40.0 Å². The van der Waals surface area contributed by atoms with Crippen LogP contribution in [-0.4, -0.2) is 135 Å². The predicted octanol–water partition coefficient (Wildman–Crippen LogP) is 3.58. The molecule has 6 rings (SSSR count). The van der Waals surface area contributed by atoms with Gasteiger partial charge < -0.3 is 52.0 Å². The molecule has 72 heavy (non-hydrogen) atoms. The molecule has 8 atom stereocenters. The minimum Gasteiger partial charge on any atom is -0.488 e. The Morgan fingerprint density at radius 2 is 1.67 bits per heavy atom. The second-order valence-electron chi connectivity index (χ2n) is 20.0.